The highest BCUT2D eigenvalue weighted by Crippen LogP contribution is 2.48. The number of nitrogens with zero attached hydrogens (tertiary/aromatic N) is 1. The molecule has 1 aromatic rings. The van der Waals surface area contributed by atoms with E-state index in [0.717, 1.165) is 6.07 Å². The Morgan fingerprint density at radius 3 is 2.25 bits per heavy atom. The highest BCUT2D eigenvalue weighted by molar-refractivity contribution is 7.53. The van der Waals surface area contributed by atoms with Gasteiger partial charge in [-0.3, -0.25) is 23.2 Å². The van der Waals surface area contributed by atoms with Crippen molar-refractivity contribution in [3.63, 3.8) is 0 Å². The Morgan fingerprint density at radius 1 is 1.06 bits per heavy atom. The molecule has 2 N–H and O–H groups in total. The molecule has 3 aliphatic rings. The molecule has 1 amide bonds. The third-order valence-corrected chi connectivity index (χ3v) is 9.86. The number of Topliss-reactive ketones (excluding diaryl/α,β-unsaturated/α-hetero) is 1. The van der Waals surface area contributed by atoms with Crippen molar-refractivity contribution in [1.82, 2.24) is 10.2 Å². The first-order chi connectivity index (χ1) is 25.0. The number of fused-ring (bicyclic) bond motifs is 2. The number of hydrogen-bond acceptors (Lipinski definition) is 16. The molecule has 53 heavy (non-hydrogen) atoms. The molecule has 20 heteroatoms. The number of carbonyl (C=O) groups is 4. The van der Waals surface area contributed by atoms with Crippen LogP contribution in [0.25, 0.3) is 0 Å². The fourth-order valence-electron chi connectivity index (χ4n) is 5.35. The first kappa shape index (κ1) is 41.6. The van der Waals surface area contributed by atoms with Crippen LogP contribution < -0.4 is 5.32 Å². The number of epoxide rings is 1. The molecule has 3 heterocycles. The van der Waals surface area contributed by atoms with Crippen LogP contribution in [0.4, 0.5) is 18.4 Å². The van der Waals surface area contributed by atoms with Crippen molar-refractivity contribution >= 4 is 31.6 Å². The molecule has 0 bridgehead atoms. The minimum Gasteiger partial charge on any atom is -0.507 e. The van der Waals surface area contributed by atoms with Crippen LogP contribution >= 0.6 is 7.60 Å². The summed E-state index contributed by atoms with van der Waals surface area (Å²) in [5, 5.41) is 13.7. The summed E-state index contributed by atoms with van der Waals surface area (Å²) < 4.78 is 87.5. The minimum atomic E-state index is -4.18. The van der Waals surface area contributed by atoms with Gasteiger partial charge in [-0.2, -0.15) is 0 Å². The average Bonchev–Trinajstić information content (AvgIpc) is 3.87. The van der Waals surface area contributed by atoms with Gasteiger partial charge in [0.15, 0.2) is 11.5 Å². The van der Waals surface area contributed by atoms with E-state index in [-0.39, 0.29) is 43.1 Å². The van der Waals surface area contributed by atoms with E-state index >= 15 is 0 Å². The predicted molar refractivity (Wildman–Crippen MR) is 176 cm³/mol. The van der Waals surface area contributed by atoms with E-state index in [0.29, 0.717) is 6.07 Å². The number of methoxy groups -OCH3 is 1. The van der Waals surface area contributed by atoms with Crippen LogP contribution in [-0.4, -0.2) is 111 Å². The van der Waals surface area contributed by atoms with Crippen molar-refractivity contribution in [3.05, 3.63) is 58.6 Å². The van der Waals surface area contributed by atoms with Crippen LogP contribution in [0.3, 0.4) is 0 Å². The van der Waals surface area contributed by atoms with Crippen LogP contribution in [0, 0.1) is 17.0 Å². The number of piperidine rings is 1. The zero-order valence-corrected chi connectivity index (χ0v) is 30.9. The number of halogens is 2. The Morgan fingerprint density at radius 2 is 1.68 bits per heavy atom. The maximum absolute atomic E-state index is 14.1. The molecule has 4 unspecified atom stereocenters. The standard InChI is InChI=1S/C33H43F2N2O15P/c1-18(2)50-31(41)46-16-48-53(43,49-17-47-32(42)51-19(3)4)10-9-45-15-33(5)24(44-6)14-37-13-22(27-28(52-27)26(38)25(37)29(33)39)30(40)36-12-20-7-8-21(34)11-23(20)35/h7-8,11,13,18-19,24,27-28,38H,9-10,12,14-17H2,1-6H3,(H,36,40). The van der Waals surface area contributed by atoms with Crippen molar-refractivity contribution in [3.8, 4) is 0 Å². The molecule has 3 aliphatic heterocycles. The summed E-state index contributed by atoms with van der Waals surface area (Å²) in [6.45, 7) is 5.26. The number of aliphatic hydroxyl groups is 1. The number of carbonyl (C=O) groups excluding carboxylic acids is 4. The van der Waals surface area contributed by atoms with E-state index in [2.05, 4.69) is 5.32 Å². The molecule has 0 aliphatic carbocycles. The highest BCUT2D eigenvalue weighted by atomic mass is 31.2. The number of allylic oxidation sites excluding steroid dienone is 1. The van der Waals surface area contributed by atoms with Gasteiger partial charge in [0.25, 0.3) is 5.91 Å². The SMILES string of the molecule is COC1CN2C=C(C(=O)NCc3ccc(F)cc3F)C3OC3C(O)=C2C(=O)C1(C)COCCP(=O)(OCOC(=O)OC(C)C)OCOC(=O)OC(C)C. The third kappa shape index (κ3) is 10.7. The summed E-state index contributed by atoms with van der Waals surface area (Å²) in [7, 11) is -2.82. The van der Waals surface area contributed by atoms with Crippen molar-refractivity contribution in [2.24, 2.45) is 5.41 Å². The summed E-state index contributed by atoms with van der Waals surface area (Å²) in [5.41, 5.74) is -1.49. The Kier molecular flexibility index (Phi) is 14.0. The summed E-state index contributed by atoms with van der Waals surface area (Å²) in [4.78, 5) is 52.1. The van der Waals surface area contributed by atoms with Gasteiger partial charge in [0, 0.05) is 31.5 Å². The van der Waals surface area contributed by atoms with Gasteiger partial charge in [0.2, 0.25) is 13.6 Å². The van der Waals surface area contributed by atoms with E-state index in [1.54, 1.807) is 34.6 Å². The highest BCUT2D eigenvalue weighted by Gasteiger charge is 2.57. The number of benzene rings is 1. The second-order valence-corrected chi connectivity index (χ2v) is 15.0. The summed E-state index contributed by atoms with van der Waals surface area (Å²) >= 11 is 0. The molecular formula is C33H43F2N2O15P. The summed E-state index contributed by atoms with van der Waals surface area (Å²) in [6, 6.07) is 2.95. The van der Waals surface area contributed by atoms with Gasteiger partial charge in [-0.1, -0.05) is 6.07 Å². The van der Waals surface area contributed by atoms with Gasteiger partial charge in [0.05, 0.1) is 55.2 Å². The number of ketones is 1. The lowest BCUT2D eigenvalue weighted by Crippen LogP contribution is -2.56. The van der Waals surface area contributed by atoms with E-state index in [1.807, 2.05) is 0 Å². The smallest absolute Gasteiger partial charge is 0.507 e. The van der Waals surface area contributed by atoms with E-state index < -0.39 is 105 Å². The molecule has 0 aromatic heterocycles. The van der Waals surface area contributed by atoms with Gasteiger partial charge in [-0.15, -0.1) is 0 Å². The molecular weight excluding hydrogens is 733 g/mol. The van der Waals surface area contributed by atoms with Crippen molar-refractivity contribution < 1.29 is 79.8 Å². The molecule has 4 atom stereocenters. The fraction of sp³-hybridized carbons (Fsp3) is 0.576. The molecule has 294 valence electrons. The van der Waals surface area contributed by atoms with E-state index in [4.69, 9.17) is 42.2 Å². The largest absolute Gasteiger partial charge is 0.510 e. The fourth-order valence-corrected chi connectivity index (χ4v) is 6.46. The average molecular weight is 777 g/mol. The number of rotatable bonds is 17. The topological polar surface area (TPSA) is 207 Å². The second kappa shape index (κ2) is 17.8. The van der Waals surface area contributed by atoms with E-state index in [1.165, 1.54) is 24.3 Å². The van der Waals surface area contributed by atoms with Crippen LogP contribution in [0.5, 0.6) is 0 Å². The first-order valence-electron chi connectivity index (χ1n) is 16.5. The van der Waals surface area contributed by atoms with E-state index in [9.17, 15) is 37.6 Å². The molecule has 4 rings (SSSR count). The number of ether oxygens (including phenoxy) is 7. The van der Waals surface area contributed by atoms with Crippen LogP contribution in [-0.2, 0) is 62.9 Å². The van der Waals surface area contributed by atoms with Gasteiger partial charge < -0.3 is 48.5 Å². The lowest BCUT2D eigenvalue weighted by Gasteiger charge is -2.44. The Bertz CT molecular complexity index is 1620. The van der Waals surface area contributed by atoms with Gasteiger partial charge in [-0.25, -0.2) is 18.4 Å². The number of hydrogen-bond donors (Lipinski definition) is 2. The number of aliphatic hydroxyl groups excluding tert-OH is 1. The van der Waals surface area contributed by atoms with Crippen LogP contribution in [0.15, 0.2) is 41.4 Å². The third-order valence-electron chi connectivity index (χ3n) is 8.13. The monoisotopic (exact) mass is 776 g/mol. The Labute approximate surface area is 303 Å². The van der Waals surface area contributed by atoms with Crippen LogP contribution in [0.2, 0.25) is 0 Å². The van der Waals surface area contributed by atoms with Gasteiger partial charge >= 0.3 is 19.9 Å². The first-order valence-corrected chi connectivity index (χ1v) is 18.2. The maximum Gasteiger partial charge on any atom is 0.510 e. The van der Waals surface area contributed by atoms with Crippen molar-refractivity contribution in [1.29, 1.82) is 0 Å². The minimum absolute atomic E-state index is 0.0251. The zero-order valence-electron chi connectivity index (χ0n) is 30.0. The second-order valence-electron chi connectivity index (χ2n) is 12.8. The lowest BCUT2D eigenvalue weighted by molar-refractivity contribution is -0.146. The Hall–Kier alpha value is -4.13. The molecule has 0 saturated carbocycles. The van der Waals surface area contributed by atoms with Crippen LogP contribution in [0.1, 0.15) is 40.2 Å². The molecule has 17 nitrogen and oxygen atoms in total. The quantitative estimate of drug-likeness (QED) is 0.0747. The summed E-state index contributed by atoms with van der Waals surface area (Å²) in [5.74, 6) is -3.30. The molecule has 0 radical (unpaired) electrons. The van der Waals surface area contributed by atoms with Crippen molar-refractivity contribution in [2.75, 3.05) is 46.6 Å². The zero-order chi connectivity index (χ0) is 39.1. The van der Waals surface area contributed by atoms with Gasteiger partial charge in [-0.05, 0) is 40.7 Å². The number of nitrogens with one attached hydrogen (secondary N) is 1. The number of amides is 1. The molecule has 2 saturated heterocycles. The molecule has 0 spiro atoms. The summed E-state index contributed by atoms with van der Waals surface area (Å²) in [6.07, 6.45) is -5.06. The molecule has 1 aromatic carbocycles. The normalized spacial score (nSPS) is 22.5. The Balaban J connectivity index is 1.41. The lowest BCUT2D eigenvalue weighted by atomic mass is 9.75. The predicted octanol–water partition coefficient (Wildman–Crippen LogP) is 4.20. The van der Waals surface area contributed by atoms with Crippen molar-refractivity contribution in [2.45, 2.75) is 71.7 Å². The maximum atomic E-state index is 14.1. The molecule has 2 fully saturated rings. The van der Waals surface area contributed by atoms with Gasteiger partial charge in [0.1, 0.15) is 29.5 Å².